The largest absolute Gasteiger partial charge is 0.264 e. The van der Waals surface area contributed by atoms with E-state index in [0.717, 1.165) is 6.42 Å². The number of hydrogen-bond donors (Lipinski definition) is 0. The third-order valence-corrected chi connectivity index (χ3v) is 1.65. The molecule has 0 saturated heterocycles. The molecule has 1 heteroatoms. The van der Waals surface area contributed by atoms with E-state index in [1.165, 1.54) is 5.56 Å². The zero-order valence-electron chi connectivity index (χ0n) is 6.25. The van der Waals surface area contributed by atoms with Crippen LogP contribution in [0.5, 0.6) is 0 Å². The second kappa shape index (κ2) is 3.35. The van der Waals surface area contributed by atoms with Crippen molar-refractivity contribution in [2.75, 3.05) is 0 Å². The van der Waals surface area contributed by atoms with Gasteiger partial charge in [-0.3, -0.25) is 4.98 Å². The molecule has 10 heavy (non-hydrogen) atoms. The van der Waals surface area contributed by atoms with E-state index >= 15 is 0 Å². The summed E-state index contributed by atoms with van der Waals surface area (Å²) in [6.45, 7) is 6.12. The van der Waals surface area contributed by atoms with Crippen molar-refractivity contribution in [1.29, 1.82) is 0 Å². The Morgan fingerprint density at radius 3 is 3.00 bits per heavy atom. The van der Waals surface area contributed by atoms with Crippen LogP contribution in [0.25, 0.3) is 0 Å². The minimum Gasteiger partial charge on any atom is -0.264 e. The molecule has 0 aliphatic rings. The molecule has 0 N–H and O–H groups in total. The van der Waals surface area contributed by atoms with Crippen molar-refractivity contribution in [1.82, 2.24) is 4.98 Å². The summed E-state index contributed by atoms with van der Waals surface area (Å²) in [5.74, 6) is 0.397. The highest BCUT2D eigenvalue weighted by molar-refractivity contribution is 5.14. The fraction of sp³-hybridized carbons (Fsp3) is 0.333. The van der Waals surface area contributed by atoms with Crippen LogP contribution in [0, 0.1) is 6.92 Å². The maximum absolute atomic E-state index is 4.01. The average Bonchev–Trinajstić information content (AvgIpc) is 2.05. The second-order valence-electron chi connectivity index (χ2n) is 2.39. The topological polar surface area (TPSA) is 12.9 Å². The first-order valence-corrected chi connectivity index (χ1v) is 3.57. The highest BCUT2D eigenvalue weighted by Gasteiger charge is 1.99. The minimum atomic E-state index is 0.397. The summed E-state index contributed by atoms with van der Waals surface area (Å²) in [7, 11) is 0. The van der Waals surface area contributed by atoms with Crippen LogP contribution in [0.4, 0.5) is 0 Å². The Hall–Kier alpha value is -0.850. The van der Waals surface area contributed by atoms with Gasteiger partial charge in [0.05, 0.1) is 0 Å². The van der Waals surface area contributed by atoms with E-state index in [0.29, 0.717) is 5.92 Å². The van der Waals surface area contributed by atoms with Crippen molar-refractivity contribution in [3.63, 3.8) is 0 Å². The lowest BCUT2D eigenvalue weighted by molar-refractivity contribution is 0.797. The van der Waals surface area contributed by atoms with Gasteiger partial charge in [-0.15, -0.1) is 0 Å². The number of hydrogen-bond acceptors (Lipinski definition) is 1. The predicted octanol–water partition coefficient (Wildman–Crippen LogP) is 2.41. The first kappa shape index (κ1) is 7.26. The molecule has 0 fully saturated rings. The quantitative estimate of drug-likeness (QED) is 0.605. The van der Waals surface area contributed by atoms with E-state index < -0.39 is 0 Å². The SMILES string of the molecule is [CH2]C(CC)c1cccnc1. The third-order valence-electron chi connectivity index (χ3n) is 1.65. The van der Waals surface area contributed by atoms with Crippen molar-refractivity contribution in [3.8, 4) is 0 Å². The average molecular weight is 134 g/mol. The van der Waals surface area contributed by atoms with E-state index in [-0.39, 0.29) is 0 Å². The van der Waals surface area contributed by atoms with Crippen LogP contribution in [-0.2, 0) is 0 Å². The molecule has 0 aliphatic heterocycles. The Labute approximate surface area is 62.1 Å². The lowest BCUT2D eigenvalue weighted by Crippen LogP contribution is -1.90. The standard InChI is InChI=1S/C9H12N/c1-3-8(2)9-5-4-6-10-7-9/h4-8H,2-3H2,1H3. The van der Waals surface area contributed by atoms with Crippen LogP contribution < -0.4 is 0 Å². The van der Waals surface area contributed by atoms with Gasteiger partial charge < -0.3 is 0 Å². The molecule has 1 aromatic heterocycles. The van der Waals surface area contributed by atoms with E-state index in [9.17, 15) is 0 Å². The van der Waals surface area contributed by atoms with Crippen molar-refractivity contribution in [2.45, 2.75) is 19.3 Å². The van der Waals surface area contributed by atoms with Crippen LogP contribution >= 0.6 is 0 Å². The summed E-state index contributed by atoms with van der Waals surface area (Å²) in [5.41, 5.74) is 1.23. The summed E-state index contributed by atoms with van der Waals surface area (Å²) in [4.78, 5) is 4.01. The van der Waals surface area contributed by atoms with Gasteiger partial charge in [0.25, 0.3) is 0 Å². The molecule has 1 aromatic rings. The number of rotatable bonds is 2. The molecule has 0 spiro atoms. The van der Waals surface area contributed by atoms with E-state index in [4.69, 9.17) is 0 Å². The van der Waals surface area contributed by atoms with Crippen molar-refractivity contribution in [2.24, 2.45) is 0 Å². The van der Waals surface area contributed by atoms with Crippen LogP contribution in [0.3, 0.4) is 0 Å². The van der Waals surface area contributed by atoms with Crippen LogP contribution in [-0.4, -0.2) is 4.98 Å². The van der Waals surface area contributed by atoms with Gasteiger partial charge in [-0.25, -0.2) is 0 Å². The van der Waals surface area contributed by atoms with Crippen molar-refractivity contribution < 1.29 is 0 Å². The lowest BCUT2D eigenvalue weighted by atomic mass is 10.0. The highest BCUT2D eigenvalue weighted by Crippen LogP contribution is 2.15. The Balaban J connectivity index is 2.75. The van der Waals surface area contributed by atoms with E-state index in [1.807, 2.05) is 12.3 Å². The molecule has 1 unspecified atom stereocenters. The number of nitrogens with zero attached hydrogens (tertiary/aromatic N) is 1. The maximum Gasteiger partial charge on any atom is 0.0302 e. The lowest BCUT2D eigenvalue weighted by Gasteiger charge is -2.05. The van der Waals surface area contributed by atoms with Gasteiger partial charge in [0.1, 0.15) is 0 Å². The molecule has 1 nitrogen and oxygen atoms in total. The predicted molar refractivity (Wildman–Crippen MR) is 42.6 cm³/mol. The fourth-order valence-corrected chi connectivity index (χ4v) is 0.853. The summed E-state index contributed by atoms with van der Waals surface area (Å²) < 4.78 is 0. The molecule has 53 valence electrons. The number of aromatic nitrogens is 1. The summed E-state index contributed by atoms with van der Waals surface area (Å²) in [6.07, 6.45) is 4.73. The third kappa shape index (κ3) is 1.56. The van der Waals surface area contributed by atoms with Gasteiger partial charge >= 0.3 is 0 Å². The zero-order valence-corrected chi connectivity index (χ0v) is 6.25. The minimum absolute atomic E-state index is 0.397. The summed E-state index contributed by atoms with van der Waals surface area (Å²) in [5, 5.41) is 0. The Morgan fingerprint density at radius 1 is 1.70 bits per heavy atom. The fourth-order valence-electron chi connectivity index (χ4n) is 0.853. The van der Waals surface area contributed by atoms with Crippen molar-refractivity contribution in [3.05, 3.63) is 37.0 Å². The molecule has 1 radical (unpaired) electrons. The van der Waals surface area contributed by atoms with Gasteiger partial charge in [-0.05, 0) is 30.9 Å². The molecule has 1 heterocycles. The number of pyridine rings is 1. The molecule has 0 aliphatic carbocycles. The van der Waals surface area contributed by atoms with Crippen LogP contribution in [0.2, 0.25) is 0 Å². The molecule has 0 bridgehead atoms. The Bertz CT molecular complexity index is 181. The Kier molecular flexibility index (Phi) is 2.43. The molecule has 1 rings (SSSR count). The van der Waals surface area contributed by atoms with Gasteiger partial charge in [-0.1, -0.05) is 13.0 Å². The first-order valence-electron chi connectivity index (χ1n) is 3.57. The molecular formula is C9H12N. The van der Waals surface area contributed by atoms with E-state index in [1.54, 1.807) is 6.20 Å². The van der Waals surface area contributed by atoms with Crippen molar-refractivity contribution >= 4 is 0 Å². The van der Waals surface area contributed by atoms with Crippen LogP contribution in [0.15, 0.2) is 24.5 Å². The molecular weight excluding hydrogens is 122 g/mol. The van der Waals surface area contributed by atoms with Gasteiger partial charge in [0, 0.05) is 12.4 Å². The zero-order chi connectivity index (χ0) is 7.40. The molecule has 0 saturated carbocycles. The summed E-state index contributed by atoms with van der Waals surface area (Å²) >= 11 is 0. The van der Waals surface area contributed by atoms with Gasteiger partial charge in [0.2, 0.25) is 0 Å². The maximum atomic E-state index is 4.01. The second-order valence-corrected chi connectivity index (χ2v) is 2.39. The van der Waals surface area contributed by atoms with Crippen LogP contribution in [0.1, 0.15) is 24.8 Å². The summed E-state index contributed by atoms with van der Waals surface area (Å²) in [6, 6.07) is 4.01. The van der Waals surface area contributed by atoms with Gasteiger partial charge in [0.15, 0.2) is 0 Å². The molecule has 0 amide bonds. The van der Waals surface area contributed by atoms with E-state index in [2.05, 4.69) is 24.9 Å². The monoisotopic (exact) mass is 134 g/mol. The highest BCUT2D eigenvalue weighted by atomic mass is 14.6. The normalized spacial score (nSPS) is 13.0. The molecule has 0 aromatic carbocycles. The smallest absolute Gasteiger partial charge is 0.0302 e. The van der Waals surface area contributed by atoms with Gasteiger partial charge in [-0.2, -0.15) is 0 Å². The Morgan fingerprint density at radius 2 is 2.50 bits per heavy atom. The molecule has 1 atom stereocenters. The first-order chi connectivity index (χ1) is 4.84.